The molecular formula is C13H21N3O2. The van der Waals surface area contributed by atoms with E-state index in [0.717, 1.165) is 11.4 Å². The zero-order valence-corrected chi connectivity index (χ0v) is 11.7. The highest BCUT2D eigenvalue weighted by Crippen LogP contribution is 2.30. The molecule has 0 aromatic carbocycles. The molecule has 1 unspecified atom stereocenters. The monoisotopic (exact) mass is 251 g/mol. The van der Waals surface area contributed by atoms with Gasteiger partial charge in [0, 0.05) is 12.4 Å². The fourth-order valence-electron chi connectivity index (χ4n) is 1.88. The summed E-state index contributed by atoms with van der Waals surface area (Å²) in [6.45, 7) is 6.07. The summed E-state index contributed by atoms with van der Waals surface area (Å²) in [5.41, 5.74) is 1.13. The van der Waals surface area contributed by atoms with Crippen LogP contribution in [-0.2, 0) is 15.1 Å². The van der Waals surface area contributed by atoms with Gasteiger partial charge in [-0.25, -0.2) is 0 Å². The Bertz CT molecular complexity index is 420. The molecule has 0 aliphatic rings. The number of carbonyl (C=O) groups excluding carboxylic acids is 1. The molecule has 0 amide bonds. The van der Waals surface area contributed by atoms with Crippen LogP contribution in [0.5, 0.6) is 0 Å². The van der Waals surface area contributed by atoms with Gasteiger partial charge < -0.3 is 4.74 Å². The lowest BCUT2D eigenvalue weighted by molar-refractivity contribution is -0.146. The second-order valence-electron chi connectivity index (χ2n) is 4.64. The van der Waals surface area contributed by atoms with Crippen LogP contribution in [0.3, 0.4) is 0 Å². The first-order chi connectivity index (χ1) is 8.41. The van der Waals surface area contributed by atoms with E-state index in [-0.39, 0.29) is 12.4 Å². The smallest absolute Gasteiger partial charge is 0.308 e. The van der Waals surface area contributed by atoms with E-state index in [4.69, 9.17) is 4.74 Å². The zero-order chi connectivity index (χ0) is 13.8. The van der Waals surface area contributed by atoms with Crippen molar-refractivity contribution in [3.63, 3.8) is 0 Å². The molecule has 5 nitrogen and oxygen atoms in total. The normalized spacial score (nSPS) is 14.3. The molecule has 0 aliphatic heterocycles. The minimum Gasteiger partial charge on any atom is -0.466 e. The van der Waals surface area contributed by atoms with Gasteiger partial charge in [-0.2, -0.15) is 0 Å². The van der Waals surface area contributed by atoms with Crippen LogP contribution in [-0.4, -0.2) is 41.5 Å². The Labute approximate surface area is 108 Å². The number of ether oxygens (including phenoxy) is 1. The molecule has 1 aromatic rings. The highest BCUT2D eigenvalue weighted by molar-refractivity contribution is 5.71. The Morgan fingerprint density at radius 2 is 2.00 bits per heavy atom. The minimum absolute atomic E-state index is 0.223. The van der Waals surface area contributed by atoms with E-state index in [1.54, 1.807) is 19.3 Å². The van der Waals surface area contributed by atoms with Crippen molar-refractivity contribution in [1.29, 1.82) is 0 Å². The van der Waals surface area contributed by atoms with Crippen molar-refractivity contribution in [3.8, 4) is 0 Å². The maximum atomic E-state index is 11.8. The van der Waals surface area contributed by atoms with Crippen molar-refractivity contribution in [1.82, 2.24) is 14.9 Å². The molecule has 0 bridgehead atoms. The number of hydrogen-bond donors (Lipinski definition) is 0. The predicted molar refractivity (Wildman–Crippen MR) is 69.1 cm³/mol. The molecule has 1 heterocycles. The third-order valence-electron chi connectivity index (χ3n) is 3.17. The summed E-state index contributed by atoms with van der Waals surface area (Å²) in [4.78, 5) is 22.3. The standard InChI is InChI=1S/C13H21N3O2/c1-6-18-11(17)9-13(3,16(4)5)12-10(2)14-7-8-15-12/h7-8H,6,9H2,1-5H3. The first kappa shape index (κ1) is 14.6. The van der Waals surface area contributed by atoms with E-state index in [2.05, 4.69) is 9.97 Å². The van der Waals surface area contributed by atoms with Gasteiger partial charge in [0.25, 0.3) is 0 Å². The van der Waals surface area contributed by atoms with Crippen LogP contribution < -0.4 is 0 Å². The molecule has 0 radical (unpaired) electrons. The van der Waals surface area contributed by atoms with Gasteiger partial charge >= 0.3 is 5.97 Å². The molecular weight excluding hydrogens is 230 g/mol. The molecule has 0 aliphatic carbocycles. The molecule has 0 fully saturated rings. The van der Waals surface area contributed by atoms with E-state index < -0.39 is 5.54 Å². The Balaban J connectivity index is 3.08. The molecule has 1 rings (SSSR count). The van der Waals surface area contributed by atoms with Gasteiger partial charge in [-0.05, 0) is 34.9 Å². The summed E-state index contributed by atoms with van der Waals surface area (Å²) in [7, 11) is 3.85. The second kappa shape index (κ2) is 5.91. The van der Waals surface area contributed by atoms with Crippen LogP contribution in [0.2, 0.25) is 0 Å². The van der Waals surface area contributed by atoms with Crippen molar-refractivity contribution in [3.05, 3.63) is 23.8 Å². The fourth-order valence-corrected chi connectivity index (χ4v) is 1.88. The topological polar surface area (TPSA) is 55.3 Å². The van der Waals surface area contributed by atoms with Gasteiger partial charge in [0.05, 0.1) is 30.0 Å². The van der Waals surface area contributed by atoms with Crippen molar-refractivity contribution < 1.29 is 9.53 Å². The molecule has 0 N–H and O–H groups in total. The van der Waals surface area contributed by atoms with Crippen LogP contribution in [0.4, 0.5) is 0 Å². The Kier molecular flexibility index (Phi) is 4.78. The Morgan fingerprint density at radius 1 is 1.39 bits per heavy atom. The number of aryl methyl sites for hydroxylation is 1. The highest BCUT2D eigenvalue weighted by atomic mass is 16.5. The lowest BCUT2D eigenvalue weighted by atomic mass is 9.90. The third-order valence-corrected chi connectivity index (χ3v) is 3.17. The summed E-state index contributed by atoms with van der Waals surface area (Å²) < 4.78 is 5.04. The van der Waals surface area contributed by atoms with Crippen molar-refractivity contribution in [2.75, 3.05) is 20.7 Å². The van der Waals surface area contributed by atoms with E-state index >= 15 is 0 Å². The van der Waals surface area contributed by atoms with Crippen LogP contribution in [0.25, 0.3) is 0 Å². The molecule has 0 spiro atoms. The lowest BCUT2D eigenvalue weighted by Crippen LogP contribution is -2.42. The van der Waals surface area contributed by atoms with Crippen LogP contribution in [0.1, 0.15) is 31.7 Å². The molecule has 0 saturated heterocycles. The van der Waals surface area contributed by atoms with Gasteiger partial charge in [-0.15, -0.1) is 0 Å². The summed E-state index contributed by atoms with van der Waals surface area (Å²) in [5.74, 6) is -0.223. The molecule has 0 saturated carbocycles. The molecule has 1 atom stereocenters. The lowest BCUT2D eigenvalue weighted by Gasteiger charge is -2.35. The van der Waals surface area contributed by atoms with Gasteiger partial charge in [-0.3, -0.25) is 19.7 Å². The van der Waals surface area contributed by atoms with Crippen molar-refractivity contribution in [2.45, 2.75) is 32.7 Å². The fraction of sp³-hybridized carbons (Fsp3) is 0.615. The molecule has 18 heavy (non-hydrogen) atoms. The maximum Gasteiger partial charge on any atom is 0.308 e. The summed E-state index contributed by atoms with van der Waals surface area (Å²) in [6.07, 6.45) is 3.56. The van der Waals surface area contributed by atoms with Gasteiger partial charge in [-0.1, -0.05) is 0 Å². The van der Waals surface area contributed by atoms with E-state index in [1.807, 2.05) is 32.8 Å². The summed E-state index contributed by atoms with van der Waals surface area (Å²) >= 11 is 0. The molecule has 1 aromatic heterocycles. The number of esters is 1. The third kappa shape index (κ3) is 3.04. The van der Waals surface area contributed by atoms with Gasteiger partial charge in [0.1, 0.15) is 0 Å². The average molecular weight is 251 g/mol. The van der Waals surface area contributed by atoms with Crippen molar-refractivity contribution in [2.24, 2.45) is 0 Å². The van der Waals surface area contributed by atoms with Crippen molar-refractivity contribution >= 4 is 5.97 Å². The number of carbonyl (C=O) groups is 1. The maximum absolute atomic E-state index is 11.8. The Morgan fingerprint density at radius 3 is 2.50 bits per heavy atom. The molecule has 100 valence electrons. The minimum atomic E-state index is -0.509. The van der Waals surface area contributed by atoms with Crippen LogP contribution in [0, 0.1) is 6.92 Å². The number of aromatic nitrogens is 2. The summed E-state index contributed by atoms with van der Waals surface area (Å²) in [6, 6.07) is 0. The first-order valence-corrected chi connectivity index (χ1v) is 6.03. The number of hydrogen-bond acceptors (Lipinski definition) is 5. The number of rotatable bonds is 5. The quantitative estimate of drug-likeness (QED) is 0.743. The largest absolute Gasteiger partial charge is 0.466 e. The Hall–Kier alpha value is -1.49. The second-order valence-corrected chi connectivity index (χ2v) is 4.64. The van der Waals surface area contributed by atoms with Gasteiger partial charge in [0.15, 0.2) is 0 Å². The van der Waals surface area contributed by atoms with E-state index in [0.29, 0.717) is 6.61 Å². The predicted octanol–water partition coefficient (Wildman–Crippen LogP) is 1.52. The van der Waals surface area contributed by atoms with E-state index in [9.17, 15) is 4.79 Å². The van der Waals surface area contributed by atoms with E-state index in [1.165, 1.54) is 0 Å². The number of nitrogens with zero attached hydrogens (tertiary/aromatic N) is 3. The first-order valence-electron chi connectivity index (χ1n) is 6.03. The zero-order valence-electron chi connectivity index (χ0n) is 11.7. The van der Waals surface area contributed by atoms with Crippen LogP contribution >= 0.6 is 0 Å². The SMILES string of the molecule is CCOC(=O)CC(C)(c1nccnc1C)N(C)C. The summed E-state index contributed by atoms with van der Waals surface area (Å²) in [5, 5.41) is 0. The highest BCUT2D eigenvalue weighted by Gasteiger charge is 2.35. The molecule has 5 heteroatoms. The average Bonchev–Trinajstić information content (AvgIpc) is 2.29. The van der Waals surface area contributed by atoms with Gasteiger partial charge in [0.2, 0.25) is 0 Å². The van der Waals surface area contributed by atoms with Crippen LogP contribution in [0.15, 0.2) is 12.4 Å².